The van der Waals surface area contributed by atoms with Crippen molar-refractivity contribution >= 4 is 17.5 Å². The Morgan fingerprint density at radius 1 is 0.771 bits per heavy atom. The van der Waals surface area contributed by atoms with E-state index in [2.05, 4.69) is 77.5 Å². The number of nitrogens with zero attached hydrogens (tertiary/aromatic N) is 3. The Bertz CT molecular complexity index is 932. The van der Waals surface area contributed by atoms with Crippen molar-refractivity contribution in [3.63, 3.8) is 0 Å². The number of anilines is 2. The summed E-state index contributed by atoms with van der Waals surface area (Å²) in [7, 11) is 0. The van der Waals surface area contributed by atoms with Crippen molar-refractivity contribution < 1.29 is 9.53 Å². The van der Waals surface area contributed by atoms with E-state index in [1.807, 2.05) is 25.7 Å². The average molecular weight is 481 g/mol. The highest BCUT2D eigenvalue weighted by Gasteiger charge is 2.24. The summed E-state index contributed by atoms with van der Waals surface area (Å²) in [4.78, 5) is 18.8. The molecule has 0 aliphatic carbocycles. The minimum absolute atomic E-state index is 0.200. The summed E-state index contributed by atoms with van der Waals surface area (Å²) in [5.41, 5.74) is 4.79. The van der Waals surface area contributed by atoms with Crippen LogP contribution < -0.4 is 15.1 Å². The van der Waals surface area contributed by atoms with Crippen LogP contribution in [0, 0.1) is 13.8 Å². The van der Waals surface area contributed by atoms with E-state index in [-0.39, 0.29) is 6.09 Å². The van der Waals surface area contributed by atoms with Crippen molar-refractivity contribution in [1.82, 2.24) is 10.2 Å². The Morgan fingerprint density at radius 3 is 1.97 bits per heavy atom. The molecule has 0 unspecified atom stereocenters. The normalized spacial score (nSPS) is 17.1. The predicted molar refractivity (Wildman–Crippen MR) is 147 cm³/mol. The van der Waals surface area contributed by atoms with Crippen LogP contribution in [0.2, 0.25) is 0 Å². The molecule has 35 heavy (non-hydrogen) atoms. The fourth-order valence-corrected chi connectivity index (χ4v) is 4.44. The van der Waals surface area contributed by atoms with Gasteiger partial charge in [-0.15, -0.1) is 0 Å². The highest BCUT2D eigenvalue weighted by molar-refractivity contribution is 5.68. The number of hydrogen-bond acceptors (Lipinski definition) is 5. The summed E-state index contributed by atoms with van der Waals surface area (Å²) < 4.78 is 5.46. The van der Waals surface area contributed by atoms with Gasteiger partial charge in [0.15, 0.2) is 0 Å². The van der Waals surface area contributed by atoms with Gasteiger partial charge in [0.25, 0.3) is 0 Å². The SMILES string of the molecule is Cc1cccc(N2CCCN(C(=O)OC(C)(C)C)CC2)c1.Cc1cccc(N2CCCNCC2)c1. The van der Waals surface area contributed by atoms with Crippen molar-refractivity contribution in [3.05, 3.63) is 59.7 Å². The fourth-order valence-electron chi connectivity index (χ4n) is 4.44. The third kappa shape index (κ3) is 9.10. The molecule has 2 fully saturated rings. The molecule has 2 saturated heterocycles. The number of carbonyl (C=O) groups excluding carboxylic acids is 1. The fraction of sp³-hybridized carbons (Fsp3) is 0.552. The largest absolute Gasteiger partial charge is 0.444 e. The van der Waals surface area contributed by atoms with Crippen LogP contribution in [-0.4, -0.2) is 69.0 Å². The summed E-state index contributed by atoms with van der Waals surface area (Å²) in [6.07, 6.45) is 2.01. The van der Waals surface area contributed by atoms with E-state index in [9.17, 15) is 4.79 Å². The van der Waals surface area contributed by atoms with Gasteiger partial charge in [-0.25, -0.2) is 4.79 Å². The zero-order valence-corrected chi connectivity index (χ0v) is 22.3. The van der Waals surface area contributed by atoms with Gasteiger partial charge in [0, 0.05) is 57.2 Å². The van der Waals surface area contributed by atoms with Crippen LogP contribution in [0.5, 0.6) is 0 Å². The Hall–Kier alpha value is -2.73. The second-order valence-electron chi connectivity index (χ2n) is 10.6. The van der Waals surface area contributed by atoms with Crippen molar-refractivity contribution in [2.75, 3.05) is 62.2 Å². The molecule has 2 aliphatic rings. The molecule has 192 valence electrons. The van der Waals surface area contributed by atoms with Gasteiger partial charge in [-0.05, 0) is 89.4 Å². The van der Waals surface area contributed by atoms with Crippen LogP contribution in [0.4, 0.5) is 16.2 Å². The summed E-state index contributed by atoms with van der Waals surface area (Å²) in [6, 6.07) is 17.3. The van der Waals surface area contributed by atoms with Gasteiger partial charge < -0.3 is 24.8 Å². The first-order valence-corrected chi connectivity index (χ1v) is 13.0. The number of nitrogens with one attached hydrogen (secondary N) is 1. The lowest BCUT2D eigenvalue weighted by atomic mass is 10.2. The van der Waals surface area contributed by atoms with E-state index >= 15 is 0 Å². The Kier molecular flexibility index (Phi) is 9.84. The number of hydrogen-bond donors (Lipinski definition) is 1. The minimum atomic E-state index is -0.431. The average Bonchev–Trinajstić information content (AvgIpc) is 3.22. The highest BCUT2D eigenvalue weighted by atomic mass is 16.6. The van der Waals surface area contributed by atoms with Crippen LogP contribution in [-0.2, 0) is 4.74 Å². The molecular formula is C29H44N4O2. The highest BCUT2D eigenvalue weighted by Crippen LogP contribution is 2.19. The first-order valence-electron chi connectivity index (χ1n) is 13.0. The predicted octanol–water partition coefficient (Wildman–Crippen LogP) is 5.24. The number of carbonyl (C=O) groups is 1. The quantitative estimate of drug-likeness (QED) is 0.637. The maximum atomic E-state index is 12.1. The van der Waals surface area contributed by atoms with Gasteiger partial charge >= 0.3 is 6.09 Å². The summed E-state index contributed by atoms with van der Waals surface area (Å²) in [6.45, 7) is 17.8. The molecule has 0 spiro atoms. The Morgan fingerprint density at radius 2 is 1.37 bits per heavy atom. The maximum absolute atomic E-state index is 12.1. The summed E-state index contributed by atoms with van der Waals surface area (Å²) in [5, 5.41) is 3.42. The number of rotatable bonds is 2. The second kappa shape index (κ2) is 12.8. The maximum Gasteiger partial charge on any atom is 0.410 e. The number of ether oxygens (including phenoxy) is 1. The van der Waals surface area contributed by atoms with Gasteiger partial charge in [0.1, 0.15) is 5.60 Å². The molecule has 0 saturated carbocycles. The van der Waals surface area contributed by atoms with E-state index < -0.39 is 5.60 Å². The van der Waals surface area contributed by atoms with E-state index in [1.54, 1.807) is 0 Å². The monoisotopic (exact) mass is 480 g/mol. The van der Waals surface area contributed by atoms with Crippen LogP contribution in [0.15, 0.2) is 48.5 Å². The molecule has 4 rings (SSSR count). The third-order valence-corrected chi connectivity index (χ3v) is 6.22. The van der Waals surface area contributed by atoms with E-state index in [1.165, 1.54) is 35.5 Å². The Labute approximate surface area is 212 Å². The molecule has 2 aliphatic heterocycles. The van der Waals surface area contributed by atoms with Crippen molar-refractivity contribution in [2.24, 2.45) is 0 Å². The molecule has 6 heteroatoms. The van der Waals surface area contributed by atoms with Gasteiger partial charge in [0.05, 0.1) is 0 Å². The van der Waals surface area contributed by atoms with E-state index in [0.717, 1.165) is 45.7 Å². The lowest BCUT2D eigenvalue weighted by molar-refractivity contribution is 0.0263. The number of aryl methyl sites for hydroxylation is 2. The van der Waals surface area contributed by atoms with Crippen molar-refractivity contribution in [2.45, 2.75) is 53.1 Å². The zero-order valence-electron chi connectivity index (χ0n) is 22.3. The number of benzene rings is 2. The number of amides is 1. The molecule has 0 aromatic heterocycles. The van der Waals surface area contributed by atoms with Crippen LogP contribution >= 0.6 is 0 Å². The van der Waals surface area contributed by atoms with Crippen LogP contribution in [0.3, 0.4) is 0 Å². The van der Waals surface area contributed by atoms with Gasteiger partial charge in [0.2, 0.25) is 0 Å². The molecule has 0 atom stereocenters. The molecule has 2 heterocycles. The first kappa shape index (κ1) is 26.9. The van der Waals surface area contributed by atoms with E-state index in [4.69, 9.17) is 4.74 Å². The van der Waals surface area contributed by atoms with Gasteiger partial charge in [-0.1, -0.05) is 24.3 Å². The molecule has 6 nitrogen and oxygen atoms in total. The van der Waals surface area contributed by atoms with Crippen LogP contribution in [0.1, 0.15) is 44.7 Å². The second-order valence-corrected chi connectivity index (χ2v) is 10.6. The summed E-state index contributed by atoms with van der Waals surface area (Å²) >= 11 is 0. The standard InChI is InChI=1S/C17H26N2O2.C12H18N2/c1-14-7-5-8-15(13-14)18-9-6-10-19(12-11-18)16(20)21-17(2,3)4;1-11-4-2-5-12(10-11)14-8-3-6-13-7-9-14/h5,7-8,13H,6,9-12H2,1-4H3;2,4-5,10,13H,3,6-9H2,1H3. The zero-order chi connectivity index (χ0) is 25.3. The molecule has 2 aromatic carbocycles. The molecule has 1 amide bonds. The molecule has 0 radical (unpaired) electrons. The van der Waals surface area contributed by atoms with Crippen molar-refractivity contribution in [1.29, 1.82) is 0 Å². The molecule has 0 bridgehead atoms. The summed E-state index contributed by atoms with van der Waals surface area (Å²) in [5.74, 6) is 0. The van der Waals surface area contributed by atoms with E-state index in [0.29, 0.717) is 6.54 Å². The molecule has 1 N–H and O–H groups in total. The van der Waals surface area contributed by atoms with Gasteiger partial charge in [-0.2, -0.15) is 0 Å². The first-order chi connectivity index (χ1) is 16.7. The smallest absolute Gasteiger partial charge is 0.410 e. The minimum Gasteiger partial charge on any atom is -0.444 e. The lowest BCUT2D eigenvalue weighted by Gasteiger charge is -2.27. The van der Waals surface area contributed by atoms with Gasteiger partial charge in [-0.3, -0.25) is 0 Å². The Balaban J connectivity index is 0.000000211. The molecular weight excluding hydrogens is 436 g/mol. The van der Waals surface area contributed by atoms with Crippen LogP contribution in [0.25, 0.3) is 0 Å². The topological polar surface area (TPSA) is 48.1 Å². The lowest BCUT2D eigenvalue weighted by Crippen LogP contribution is -2.39. The van der Waals surface area contributed by atoms with Crippen molar-refractivity contribution in [3.8, 4) is 0 Å². The molecule has 2 aromatic rings. The third-order valence-electron chi connectivity index (χ3n) is 6.22.